The zero-order chi connectivity index (χ0) is 11.2. The Morgan fingerprint density at radius 1 is 1.25 bits per heavy atom. The molecule has 82 valence electrons. The number of rotatable bonds is 0. The van der Waals surface area contributed by atoms with E-state index in [-0.39, 0.29) is 5.41 Å². The molecule has 0 radical (unpaired) electrons. The van der Waals surface area contributed by atoms with Gasteiger partial charge in [-0.25, -0.2) is 0 Å². The Kier molecular flexibility index (Phi) is 2.03. The Hall–Kier alpha value is -1.37. The smallest absolute Gasteiger partial charge is 0.134 e. The molecule has 1 heteroatoms. The van der Waals surface area contributed by atoms with E-state index < -0.39 is 0 Å². The van der Waals surface area contributed by atoms with E-state index in [9.17, 15) is 4.79 Å². The van der Waals surface area contributed by atoms with Crippen molar-refractivity contribution in [3.05, 3.63) is 41.0 Å². The van der Waals surface area contributed by atoms with E-state index in [4.69, 9.17) is 0 Å². The van der Waals surface area contributed by atoms with Gasteiger partial charge in [-0.15, -0.1) is 0 Å². The molecule has 0 N–H and O–H groups in total. The molecule has 0 saturated heterocycles. The summed E-state index contributed by atoms with van der Waals surface area (Å²) in [6.07, 6.45) is 5.92. The highest BCUT2D eigenvalue weighted by atomic mass is 16.1. The molecule has 1 unspecified atom stereocenters. The second-order valence-corrected chi connectivity index (χ2v) is 5.07. The van der Waals surface area contributed by atoms with Crippen molar-refractivity contribution < 1.29 is 4.79 Å². The molecule has 1 aromatic rings. The number of hydrogen-bond donors (Lipinski definition) is 0. The van der Waals surface area contributed by atoms with Crippen molar-refractivity contribution in [2.75, 3.05) is 0 Å². The number of ketones is 1. The van der Waals surface area contributed by atoms with Gasteiger partial charge in [-0.1, -0.05) is 35.9 Å². The van der Waals surface area contributed by atoms with Crippen LogP contribution in [0, 0.1) is 0 Å². The van der Waals surface area contributed by atoms with Crippen LogP contribution in [0.3, 0.4) is 0 Å². The van der Waals surface area contributed by atoms with E-state index >= 15 is 0 Å². The molecule has 1 aromatic carbocycles. The molecule has 16 heavy (non-hydrogen) atoms. The van der Waals surface area contributed by atoms with Crippen LogP contribution in [0.5, 0.6) is 0 Å². The summed E-state index contributed by atoms with van der Waals surface area (Å²) in [6.45, 7) is 2.18. The molecule has 3 rings (SSSR count). The van der Waals surface area contributed by atoms with Crippen LogP contribution in [0.15, 0.2) is 29.8 Å². The zero-order valence-electron chi connectivity index (χ0n) is 9.62. The minimum absolute atomic E-state index is 0.0475. The lowest BCUT2D eigenvalue weighted by atomic mass is 9.67. The molecule has 0 aliphatic heterocycles. The lowest BCUT2D eigenvalue weighted by molar-refractivity contribution is -0.121. The Labute approximate surface area is 96.2 Å². The molecule has 1 saturated carbocycles. The molecule has 1 spiro atoms. The van der Waals surface area contributed by atoms with E-state index in [1.165, 1.54) is 16.7 Å². The van der Waals surface area contributed by atoms with Gasteiger partial charge in [0, 0.05) is 18.3 Å². The maximum absolute atomic E-state index is 11.8. The van der Waals surface area contributed by atoms with Gasteiger partial charge >= 0.3 is 0 Å². The quantitative estimate of drug-likeness (QED) is 0.643. The van der Waals surface area contributed by atoms with Gasteiger partial charge in [0.05, 0.1) is 0 Å². The number of fused-ring (bicyclic) bond motifs is 2. The molecule has 0 bridgehead atoms. The van der Waals surface area contributed by atoms with Crippen molar-refractivity contribution in [2.45, 2.75) is 38.0 Å². The molecule has 1 atom stereocenters. The fourth-order valence-corrected chi connectivity index (χ4v) is 3.31. The van der Waals surface area contributed by atoms with Crippen molar-refractivity contribution in [1.29, 1.82) is 0 Å². The molecule has 0 aromatic heterocycles. The number of benzene rings is 1. The summed E-state index contributed by atoms with van der Waals surface area (Å²) in [5.74, 6) is 0.427. The second kappa shape index (κ2) is 3.31. The van der Waals surface area contributed by atoms with Crippen molar-refractivity contribution >= 4 is 11.9 Å². The number of carbonyl (C=O) groups is 1. The van der Waals surface area contributed by atoms with Crippen LogP contribution in [0.1, 0.15) is 43.7 Å². The van der Waals surface area contributed by atoms with Crippen molar-refractivity contribution in [3.8, 4) is 0 Å². The number of Topliss-reactive ketones (excluding diaryl/α,β-unsaturated/α-hetero) is 1. The highest BCUT2D eigenvalue weighted by Crippen LogP contribution is 2.49. The number of allylic oxidation sites excluding steroid dienone is 1. The minimum Gasteiger partial charge on any atom is -0.300 e. The molecular formula is C15H16O. The third kappa shape index (κ3) is 1.21. The average molecular weight is 212 g/mol. The fourth-order valence-electron chi connectivity index (χ4n) is 3.31. The van der Waals surface area contributed by atoms with E-state index in [1.807, 2.05) is 0 Å². The average Bonchev–Trinajstić information content (AvgIpc) is 2.53. The SMILES string of the molecule is CC1=Cc2ccccc2C12CCCC(=O)C2. The molecule has 0 amide bonds. The minimum atomic E-state index is 0.0475. The van der Waals surface area contributed by atoms with Crippen LogP contribution in [0.2, 0.25) is 0 Å². The summed E-state index contributed by atoms with van der Waals surface area (Å²) >= 11 is 0. The second-order valence-electron chi connectivity index (χ2n) is 5.07. The van der Waals surface area contributed by atoms with Gasteiger partial charge in [0.25, 0.3) is 0 Å². The van der Waals surface area contributed by atoms with Crippen molar-refractivity contribution in [3.63, 3.8) is 0 Å². The normalized spacial score (nSPS) is 28.1. The molecule has 1 fully saturated rings. The zero-order valence-corrected chi connectivity index (χ0v) is 9.62. The Morgan fingerprint density at radius 3 is 2.88 bits per heavy atom. The van der Waals surface area contributed by atoms with E-state index in [1.54, 1.807) is 0 Å². The molecule has 2 aliphatic carbocycles. The lowest BCUT2D eigenvalue weighted by Gasteiger charge is -2.35. The first-order chi connectivity index (χ1) is 7.72. The Morgan fingerprint density at radius 2 is 2.06 bits per heavy atom. The maximum Gasteiger partial charge on any atom is 0.134 e. The Balaban J connectivity index is 2.14. The van der Waals surface area contributed by atoms with Gasteiger partial charge in [-0.3, -0.25) is 4.79 Å². The summed E-state index contributed by atoms with van der Waals surface area (Å²) in [7, 11) is 0. The topological polar surface area (TPSA) is 17.1 Å². The van der Waals surface area contributed by atoms with Crippen LogP contribution in [-0.2, 0) is 10.2 Å². The van der Waals surface area contributed by atoms with Gasteiger partial charge in [-0.05, 0) is 30.9 Å². The summed E-state index contributed by atoms with van der Waals surface area (Å²) in [5.41, 5.74) is 4.11. The summed E-state index contributed by atoms with van der Waals surface area (Å²) < 4.78 is 0. The highest BCUT2D eigenvalue weighted by molar-refractivity contribution is 5.84. The predicted octanol–water partition coefficient (Wildman–Crippen LogP) is 3.48. The summed E-state index contributed by atoms with van der Waals surface area (Å²) in [5, 5.41) is 0. The lowest BCUT2D eigenvalue weighted by Crippen LogP contribution is -2.32. The van der Waals surface area contributed by atoms with Gasteiger partial charge < -0.3 is 0 Å². The number of carbonyl (C=O) groups excluding carboxylic acids is 1. The van der Waals surface area contributed by atoms with Gasteiger partial charge in [0.1, 0.15) is 5.78 Å². The van der Waals surface area contributed by atoms with Crippen molar-refractivity contribution in [2.24, 2.45) is 0 Å². The first-order valence-electron chi connectivity index (χ1n) is 6.02. The van der Waals surface area contributed by atoms with Crippen LogP contribution >= 0.6 is 0 Å². The van der Waals surface area contributed by atoms with Crippen molar-refractivity contribution in [1.82, 2.24) is 0 Å². The van der Waals surface area contributed by atoms with Gasteiger partial charge in [0.2, 0.25) is 0 Å². The molecule has 2 aliphatic rings. The third-order valence-electron chi connectivity index (χ3n) is 4.16. The van der Waals surface area contributed by atoms with E-state index in [0.29, 0.717) is 12.2 Å². The fraction of sp³-hybridized carbons (Fsp3) is 0.400. The monoisotopic (exact) mass is 212 g/mol. The highest BCUT2D eigenvalue weighted by Gasteiger charge is 2.42. The van der Waals surface area contributed by atoms with Crippen LogP contribution in [0.4, 0.5) is 0 Å². The van der Waals surface area contributed by atoms with Crippen LogP contribution in [0.25, 0.3) is 6.08 Å². The first kappa shape index (κ1) is 9.83. The maximum atomic E-state index is 11.8. The standard InChI is InChI=1S/C15H16O/c1-11-9-12-5-2-3-7-14(12)15(11)8-4-6-13(16)10-15/h2-3,5,7,9H,4,6,8,10H2,1H3. The summed E-state index contributed by atoms with van der Waals surface area (Å²) in [6, 6.07) is 8.52. The van der Waals surface area contributed by atoms with Crippen LogP contribution in [-0.4, -0.2) is 5.78 Å². The van der Waals surface area contributed by atoms with Gasteiger partial charge in [0.15, 0.2) is 0 Å². The molecule has 0 heterocycles. The predicted molar refractivity (Wildman–Crippen MR) is 65.2 cm³/mol. The van der Waals surface area contributed by atoms with Crippen LogP contribution < -0.4 is 0 Å². The molecule has 1 nitrogen and oxygen atoms in total. The third-order valence-corrected chi connectivity index (χ3v) is 4.16. The Bertz CT molecular complexity index is 484. The number of hydrogen-bond acceptors (Lipinski definition) is 1. The van der Waals surface area contributed by atoms with E-state index in [0.717, 1.165) is 19.3 Å². The largest absolute Gasteiger partial charge is 0.300 e. The molecular weight excluding hydrogens is 196 g/mol. The van der Waals surface area contributed by atoms with Gasteiger partial charge in [-0.2, -0.15) is 0 Å². The van der Waals surface area contributed by atoms with E-state index in [2.05, 4.69) is 37.3 Å². The summed E-state index contributed by atoms with van der Waals surface area (Å²) in [4.78, 5) is 11.8. The first-order valence-corrected chi connectivity index (χ1v) is 6.02.